The molecule has 0 amide bonds. The van der Waals surface area contributed by atoms with Gasteiger partial charge in [-0.05, 0) is 24.7 Å². The quantitative estimate of drug-likeness (QED) is 0.785. The van der Waals surface area contributed by atoms with Crippen molar-refractivity contribution >= 4 is 10.2 Å². The van der Waals surface area contributed by atoms with Crippen LogP contribution in [-0.4, -0.2) is 86.2 Å². The van der Waals surface area contributed by atoms with Crippen LogP contribution in [0.3, 0.4) is 0 Å². The topological polar surface area (TPSA) is 47.1 Å². The van der Waals surface area contributed by atoms with Crippen LogP contribution in [0.5, 0.6) is 0 Å². The second-order valence-electron chi connectivity index (χ2n) is 6.52. The molecule has 6 nitrogen and oxygen atoms in total. The third-order valence-corrected chi connectivity index (χ3v) is 6.78. The van der Waals surface area contributed by atoms with Gasteiger partial charge in [-0.2, -0.15) is 17.0 Å². The van der Waals surface area contributed by atoms with E-state index in [9.17, 15) is 12.8 Å². The molecule has 0 spiro atoms. The van der Waals surface area contributed by atoms with E-state index in [-0.39, 0.29) is 5.82 Å². The molecule has 1 aromatic rings. The van der Waals surface area contributed by atoms with Gasteiger partial charge in [-0.1, -0.05) is 12.1 Å². The molecule has 2 saturated heterocycles. The van der Waals surface area contributed by atoms with Gasteiger partial charge in [0.05, 0.1) is 0 Å². The van der Waals surface area contributed by atoms with E-state index in [1.807, 2.05) is 13.1 Å². The zero-order valence-electron chi connectivity index (χ0n) is 14.1. The number of hydrogen-bond acceptors (Lipinski definition) is 4. The molecule has 0 bridgehead atoms. The van der Waals surface area contributed by atoms with Crippen molar-refractivity contribution in [1.82, 2.24) is 18.4 Å². The largest absolute Gasteiger partial charge is 0.304 e. The summed E-state index contributed by atoms with van der Waals surface area (Å²) in [6, 6.07) is 6.58. The Kier molecular flexibility index (Phi) is 5.51. The van der Waals surface area contributed by atoms with Gasteiger partial charge >= 0.3 is 0 Å². The Morgan fingerprint density at radius 2 is 1.54 bits per heavy atom. The van der Waals surface area contributed by atoms with Crippen molar-refractivity contribution in [2.75, 3.05) is 59.4 Å². The van der Waals surface area contributed by atoms with Gasteiger partial charge in [0.2, 0.25) is 0 Å². The Hall–Kier alpha value is -1.06. The van der Waals surface area contributed by atoms with Crippen LogP contribution in [0.15, 0.2) is 24.3 Å². The van der Waals surface area contributed by atoms with E-state index in [4.69, 9.17) is 0 Å². The van der Waals surface area contributed by atoms with Crippen LogP contribution in [0.1, 0.15) is 5.56 Å². The van der Waals surface area contributed by atoms with Gasteiger partial charge < -0.3 is 4.90 Å². The SMILES string of the molecule is CN1CCN(S(=O)(=O)N2CCN(Cc3cccc(F)c3)CC2)CC1. The number of hydrogen-bond donors (Lipinski definition) is 0. The van der Waals surface area contributed by atoms with Gasteiger partial charge in [-0.25, -0.2) is 4.39 Å². The number of halogens is 1. The van der Waals surface area contributed by atoms with Gasteiger partial charge in [-0.3, -0.25) is 4.90 Å². The minimum atomic E-state index is -3.36. The Morgan fingerprint density at radius 3 is 2.12 bits per heavy atom. The van der Waals surface area contributed by atoms with Gasteiger partial charge in [0.1, 0.15) is 5.82 Å². The predicted octanol–water partition coefficient (Wildman–Crippen LogP) is 0.436. The van der Waals surface area contributed by atoms with Gasteiger partial charge in [0, 0.05) is 58.9 Å². The van der Waals surface area contributed by atoms with Crippen LogP contribution in [0.4, 0.5) is 4.39 Å². The lowest BCUT2D eigenvalue weighted by Gasteiger charge is -2.39. The molecule has 2 fully saturated rings. The predicted molar refractivity (Wildman–Crippen MR) is 91.2 cm³/mol. The highest BCUT2D eigenvalue weighted by Crippen LogP contribution is 2.16. The summed E-state index contributed by atoms with van der Waals surface area (Å²) in [5, 5.41) is 0. The van der Waals surface area contributed by atoms with Crippen molar-refractivity contribution < 1.29 is 12.8 Å². The molecule has 134 valence electrons. The smallest absolute Gasteiger partial charge is 0.282 e. The minimum absolute atomic E-state index is 0.233. The first-order valence-corrected chi connectivity index (χ1v) is 9.75. The van der Waals surface area contributed by atoms with Crippen LogP contribution in [0.25, 0.3) is 0 Å². The maximum absolute atomic E-state index is 13.3. The maximum atomic E-state index is 13.3. The number of nitrogens with zero attached hydrogens (tertiary/aromatic N) is 4. The highest BCUT2D eigenvalue weighted by molar-refractivity contribution is 7.86. The summed E-state index contributed by atoms with van der Waals surface area (Å²) >= 11 is 0. The van der Waals surface area contributed by atoms with Crippen molar-refractivity contribution in [1.29, 1.82) is 0 Å². The second kappa shape index (κ2) is 7.45. The molecule has 0 atom stereocenters. The molecule has 2 aliphatic rings. The standard InChI is InChI=1S/C16H25FN4O2S/c1-18-5-9-20(10-6-18)24(22,23)21-11-7-19(8-12-21)14-15-3-2-4-16(17)13-15/h2-4,13H,5-12,14H2,1H3. The lowest BCUT2D eigenvalue weighted by atomic mass is 10.2. The summed E-state index contributed by atoms with van der Waals surface area (Å²) in [6.45, 7) is 5.64. The summed E-state index contributed by atoms with van der Waals surface area (Å²) < 4.78 is 41.9. The lowest BCUT2D eigenvalue weighted by molar-refractivity contribution is 0.165. The molecule has 0 radical (unpaired) electrons. The number of rotatable bonds is 4. The molecule has 3 rings (SSSR count). The van der Waals surface area contributed by atoms with Gasteiger partial charge in [-0.15, -0.1) is 0 Å². The molecule has 1 aromatic carbocycles. The zero-order chi connectivity index (χ0) is 17.2. The Balaban J connectivity index is 1.54. The molecular formula is C16H25FN4O2S. The summed E-state index contributed by atoms with van der Waals surface area (Å²) in [7, 11) is -1.35. The third kappa shape index (κ3) is 4.12. The number of benzene rings is 1. The number of piperazine rings is 2. The summed E-state index contributed by atoms with van der Waals surface area (Å²) in [5.41, 5.74) is 0.922. The van der Waals surface area contributed by atoms with Crippen molar-refractivity contribution in [3.63, 3.8) is 0 Å². The molecule has 0 aromatic heterocycles. The highest BCUT2D eigenvalue weighted by atomic mass is 32.2. The fraction of sp³-hybridized carbons (Fsp3) is 0.625. The Bertz CT molecular complexity index is 654. The first-order chi connectivity index (χ1) is 11.4. The van der Waals surface area contributed by atoms with Crippen LogP contribution in [0, 0.1) is 5.82 Å². The van der Waals surface area contributed by atoms with E-state index >= 15 is 0 Å². The molecule has 8 heteroatoms. The van der Waals surface area contributed by atoms with Gasteiger partial charge in [0.25, 0.3) is 10.2 Å². The van der Waals surface area contributed by atoms with Crippen molar-refractivity contribution in [3.8, 4) is 0 Å². The van der Waals surface area contributed by atoms with Crippen molar-refractivity contribution in [2.24, 2.45) is 0 Å². The zero-order valence-corrected chi connectivity index (χ0v) is 14.9. The van der Waals surface area contributed by atoms with E-state index in [2.05, 4.69) is 9.80 Å². The lowest BCUT2D eigenvalue weighted by Crippen LogP contribution is -2.56. The maximum Gasteiger partial charge on any atom is 0.282 e. The monoisotopic (exact) mass is 356 g/mol. The molecule has 2 aliphatic heterocycles. The van der Waals surface area contributed by atoms with E-state index in [1.165, 1.54) is 12.1 Å². The molecule has 0 aliphatic carbocycles. The average molecular weight is 356 g/mol. The fourth-order valence-electron chi connectivity index (χ4n) is 3.19. The molecule has 0 N–H and O–H groups in total. The minimum Gasteiger partial charge on any atom is -0.304 e. The van der Waals surface area contributed by atoms with Crippen LogP contribution in [-0.2, 0) is 16.8 Å². The molecule has 2 heterocycles. The first kappa shape index (κ1) is 17.8. The fourth-order valence-corrected chi connectivity index (χ4v) is 4.77. The van der Waals surface area contributed by atoms with Crippen LogP contribution in [0.2, 0.25) is 0 Å². The van der Waals surface area contributed by atoms with E-state index < -0.39 is 10.2 Å². The van der Waals surface area contributed by atoms with Crippen molar-refractivity contribution in [3.05, 3.63) is 35.6 Å². The Morgan fingerprint density at radius 1 is 0.958 bits per heavy atom. The molecular weight excluding hydrogens is 331 g/mol. The third-order valence-electron chi connectivity index (χ3n) is 4.74. The number of likely N-dealkylation sites (N-methyl/N-ethyl adjacent to an activating group) is 1. The summed E-state index contributed by atoms with van der Waals surface area (Å²) in [4.78, 5) is 4.31. The molecule has 0 unspecified atom stereocenters. The highest BCUT2D eigenvalue weighted by Gasteiger charge is 2.33. The normalized spacial score (nSPS) is 22.8. The summed E-state index contributed by atoms with van der Waals surface area (Å²) in [5.74, 6) is -0.233. The van der Waals surface area contributed by atoms with Crippen LogP contribution >= 0.6 is 0 Å². The average Bonchev–Trinajstić information content (AvgIpc) is 2.56. The van der Waals surface area contributed by atoms with E-state index in [0.29, 0.717) is 45.8 Å². The Labute approximate surface area is 143 Å². The van der Waals surface area contributed by atoms with Gasteiger partial charge in [0.15, 0.2) is 0 Å². The second-order valence-corrected chi connectivity index (χ2v) is 8.44. The van der Waals surface area contributed by atoms with Crippen LogP contribution < -0.4 is 0 Å². The summed E-state index contributed by atoms with van der Waals surface area (Å²) in [6.07, 6.45) is 0. The molecule has 0 saturated carbocycles. The molecule has 24 heavy (non-hydrogen) atoms. The van der Waals surface area contributed by atoms with E-state index in [0.717, 1.165) is 18.7 Å². The van der Waals surface area contributed by atoms with Crippen molar-refractivity contribution in [2.45, 2.75) is 6.54 Å². The first-order valence-electron chi connectivity index (χ1n) is 8.36. The van der Waals surface area contributed by atoms with E-state index in [1.54, 1.807) is 14.7 Å².